The van der Waals surface area contributed by atoms with Crippen molar-refractivity contribution >= 4 is 33.4 Å². The number of fused-ring (bicyclic) bond motifs is 2. The highest BCUT2D eigenvalue weighted by molar-refractivity contribution is 6.02. The Kier molecular flexibility index (Phi) is 3.27. The quantitative estimate of drug-likeness (QED) is 0.603. The fourth-order valence-electron chi connectivity index (χ4n) is 2.85. The van der Waals surface area contributed by atoms with Crippen molar-refractivity contribution in [1.82, 2.24) is 9.97 Å². The Morgan fingerprint density at radius 3 is 2.87 bits per heavy atom. The number of amides is 1. The van der Waals surface area contributed by atoms with Crippen LogP contribution in [-0.4, -0.2) is 15.9 Å². The summed E-state index contributed by atoms with van der Waals surface area (Å²) in [5.41, 5.74) is 3.59. The van der Waals surface area contributed by atoms with Crippen LogP contribution in [0.3, 0.4) is 0 Å². The summed E-state index contributed by atoms with van der Waals surface area (Å²) in [7, 11) is 0. The molecule has 1 amide bonds. The predicted molar refractivity (Wildman–Crippen MR) is 92.4 cm³/mol. The van der Waals surface area contributed by atoms with Gasteiger partial charge in [0.05, 0.1) is 17.6 Å². The van der Waals surface area contributed by atoms with Crippen LogP contribution in [0, 0.1) is 0 Å². The van der Waals surface area contributed by atoms with E-state index in [4.69, 9.17) is 0 Å². The normalized spacial score (nSPS) is 11.0. The maximum atomic E-state index is 12.4. The molecule has 0 saturated carbocycles. The van der Waals surface area contributed by atoms with E-state index >= 15 is 0 Å². The summed E-state index contributed by atoms with van der Waals surface area (Å²) in [5.74, 6) is -0.0482. The van der Waals surface area contributed by atoms with Crippen molar-refractivity contribution in [3.63, 3.8) is 0 Å². The maximum Gasteiger partial charge on any atom is 0.228 e. The van der Waals surface area contributed by atoms with Gasteiger partial charge in [-0.2, -0.15) is 0 Å². The number of benzene rings is 2. The number of anilines is 1. The minimum Gasteiger partial charge on any atom is -0.361 e. The number of hydrogen-bond acceptors (Lipinski definition) is 2. The number of carbonyl (C=O) groups excluding carboxylic acids is 1. The Morgan fingerprint density at radius 2 is 1.91 bits per heavy atom. The van der Waals surface area contributed by atoms with Crippen LogP contribution in [0.15, 0.2) is 67.0 Å². The zero-order chi connectivity index (χ0) is 15.6. The molecule has 0 aliphatic rings. The number of pyridine rings is 1. The van der Waals surface area contributed by atoms with Crippen molar-refractivity contribution < 1.29 is 4.79 Å². The second-order valence-electron chi connectivity index (χ2n) is 5.47. The lowest BCUT2D eigenvalue weighted by Gasteiger charge is -2.07. The molecular formula is C19H15N3O. The minimum atomic E-state index is -0.0482. The van der Waals surface area contributed by atoms with Gasteiger partial charge in [-0.3, -0.25) is 9.78 Å². The number of nitrogens with zero attached hydrogens (tertiary/aromatic N) is 1. The molecule has 112 valence electrons. The van der Waals surface area contributed by atoms with E-state index in [2.05, 4.69) is 15.3 Å². The Labute approximate surface area is 133 Å². The zero-order valence-corrected chi connectivity index (χ0v) is 12.4. The van der Waals surface area contributed by atoms with Gasteiger partial charge >= 0.3 is 0 Å². The number of para-hydroxylation sites is 2. The van der Waals surface area contributed by atoms with E-state index in [1.807, 2.05) is 60.8 Å². The molecule has 4 heteroatoms. The van der Waals surface area contributed by atoms with E-state index in [1.165, 1.54) is 0 Å². The zero-order valence-electron chi connectivity index (χ0n) is 12.4. The SMILES string of the molecule is O=C(Cc1c[nH]c2ccccc12)Nc1cccc2cccnc12. The monoisotopic (exact) mass is 301 g/mol. The number of aromatic amines is 1. The molecule has 0 spiro atoms. The van der Waals surface area contributed by atoms with Crippen LogP contribution in [0.5, 0.6) is 0 Å². The molecule has 4 nitrogen and oxygen atoms in total. The largest absolute Gasteiger partial charge is 0.361 e. The van der Waals surface area contributed by atoms with Crippen molar-refractivity contribution in [3.05, 3.63) is 72.6 Å². The molecule has 2 N–H and O–H groups in total. The number of aromatic nitrogens is 2. The molecule has 4 aromatic rings. The number of nitrogens with one attached hydrogen (secondary N) is 2. The molecule has 0 unspecified atom stereocenters. The average Bonchev–Trinajstić information content (AvgIpc) is 2.98. The number of hydrogen-bond donors (Lipinski definition) is 2. The van der Waals surface area contributed by atoms with Crippen molar-refractivity contribution in [2.24, 2.45) is 0 Å². The van der Waals surface area contributed by atoms with Gasteiger partial charge in [0.1, 0.15) is 0 Å². The van der Waals surface area contributed by atoms with E-state index in [0.717, 1.165) is 33.1 Å². The molecule has 0 aliphatic heterocycles. The summed E-state index contributed by atoms with van der Waals surface area (Å²) < 4.78 is 0. The summed E-state index contributed by atoms with van der Waals surface area (Å²) in [5, 5.41) is 5.07. The Morgan fingerprint density at radius 1 is 1.04 bits per heavy atom. The number of carbonyl (C=O) groups is 1. The fourth-order valence-corrected chi connectivity index (χ4v) is 2.85. The van der Waals surface area contributed by atoms with E-state index in [1.54, 1.807) is 6.20 Å². The van der Waals surface area contributed by atoms with Crippen molar-refractivity contribution in [2.75, 3.05) is 5.32 Å². The molecule has 0 saturated heterocycles. The van der Waals surface area contributed by atoms with Crippen molar-refractivity contribution in [2.45, 2.75) is 6.42 Å². The molecule has 4 rings (SSSR count). The summed E-state index contributed by atoms with van der Waals surface area (Å²) in [6.07, 6.45) is 3.95. The third kappa shape index (κ3) is 2.55. The van der Waals surface area contributed by atoms with Gasteiger partial charge in [-0.15, -0.1) is 0 Å². The number of H-pyrrole nitrogens is 1. The number of rotatable bonds is 3. The highest BCUT2D eigenvalue weighted by Crippen LogP contribution is 2.22. The molecule has 23 heavy (non-hydrogen) atoms. The first-order chi connectivity index (χ1) is 11.3. The molecule has 0 aliphatic carbocycles. The van der Waals surface area contributed by atoms with Crippen molar-refractivity contribution in [3.8, 4) is 0 Å². The topological polar surface area (TPSA) is 57.8 Å². The third-order valence-corrected chi connectivity index (χ3v) is 3.93. The molecule has 2 heterocycles. The van der Waals surface area contributed by atoms with Gasteiger partial charge in [-0.25, -0.2) is 0 Å². The lowest BCUT2D eigenvalue weighted by molar-refractivity contribution is -0.115. The van der Waals surface area contributed by atoms with Gasteiger partial charge in [-0.05, 0) is 23.8 Å². The van der Waals surface area contributed by atoms with Gasteiger partial charge in [0.25, 0.3) is 0 Å². The van der Waals surface area contributed by atoms with Crippen LogP contribution in [0.4, 0.5) is 5.69 Å². The van der Waals surface area contributed by atoms with Gasteiger partial charge in [-0.1, -0.05) is 36.4 Å². The van der Waals surface area contributed by atoms with E-state index in [9.17, 15) is 4.79 Å². The van der Waals surface area contributed by atoms with Crippen LogP contribution >= 0.6 is 0 Å². The fraction of sp³-hybridized carbons (Fsp3) is 0.0526. The second kappa shape index (κ2) is 5.57. The molecule has 0 atom stereocenters. The smallest absolute Gasteiger partial charge is 0.228 e. The average molecular weight is 301 g/mol. The van der Waals surface area contributed by atoms with Crippen LogP contribution in [0.25, 0.3) is 21.8 Å². The third-order valence-electron chi connectivity index (χ3n) is 3.93. The Hall–Kier alpha value is -3.14. The van der Waals surface area contributed by atoms with Gasteiger partial charge in [0.15, 0.2) is 0 Å². The lowest BCUT2D eigenvalue weighted by atomic mass is 10.1. The van der Waals surface area contributed by atoms with E-state index < -0.39 is 0 Å². The Bertz CT molecular complexity index is 998. The molecular weight excluding hydrogens is 286 g/mol. The molecule has 0 fully saturated rings. The molecule has 0 bridgehead atoms. The maximum absolute atomic E-state index is 12.4. The minimum absolute atomic E-state index is 0.0482. The second-order valence-corrected chi connectivity index (χ2v) is 5.47. The standard InChI is InChI=1S/C19H15N3O/c23-18(11-14-12-21-16-8-2-1-7-15(14)16)22-17-9-3-5-13-6-4-10-20-19(13)17/h1-10,12,21H,11H2,(H,22,23). The van der Waals surface area contributed by atoms with Crippen LogP contribution in [0.2, 0.25) is 0 Å². The van der Waals surface area contributed by atoms with Crippen LogP contribution < -0.4 is 5.32 Å². The Balaban J connectivity index is 1.60. The van der Waals surface area contributed by atoms with Gasteiger partial charge in [0, 0.05) is 28.7 Å². The van der Waals surface area contributed by atoms with Crippen LogP contribution in [0.1, 0.15) is 5.56 Å². The first-order valence-electron chi connectivity index (χ1n) is 7.50. The molecule has 0 radical (unpaired) electrons. The lowest BCUT2D eigenvalue weighted by Crippen LogP contribution is -2.14. The summed E-state index contributed by atoms with van der Waals surface area (Å²) >= 11 is 0. The molecule has 2 aromatic heterocycles. The van der Waals surface area contributed by atoms with Gasteiger partial charge in [0.2, 0.25) is 5.91 Å². The molecule has 2 aromatic carbocycles. The van der Waals surface area contributed by atoms with Crippen molar-refractivity contribution in [1.29, 1.82) is 0 Å². The van der Waals surface area contributed by atoms with E-state index in [0.29, 0.717) is 6.42 Å². The van der Waals surface area contributed by atoms with E-state index in [-0.39, 0.29) is 5.91 Å². The summed E-state index contributed by atoms with van der Waals surface area (Å²) in [4.78, 5) is 20.0. The summed E-state index contributed by atoms with van der Waals surface area (Å²) in [6.45, 7) is 0. The van der Waals surface area contributed by atoms with Gasteiger partial charge < -0.3 is 10.3 Å². The highest BCUT2D eigenvalue weighted by atomic mass is 16.1. The van der Waals surface area contributed by atoms with Crippen LogP contribution in [-0.2, 0) is 11.2 Å². The summed E-state index contributed by atoms with van der Waals surface area (Å²) in [6, 6.07) is 17.6. The first-order valence-corrected chi connectivity index (χ1v) is 7.50. The highest BCUT2D eigenvalue weighted by Gasteiger charge is 2.10. The first kappa shape index (κ1) is 13.5. The predicted octanol–water partition coefficient (Wildman–Crippen LogP) is 3.90.